The number of ether oxygens (including phenoxy) is 1. The van der Waals surface area contributed by atoms with Crippen LogP contribution in [0.1, 0.15) is 43.7 Å². The largest absolute Gasteiger partial charge is 0.396 e. The third-order valence-electron chi connectivity index (χ3n) is 8.17. The Morgan fingerprint density at radius 3 is 2.64 bits per heavy atom. The van der Waals surface area contributed by atoms with Crippen molar-refractivity contribution in [3.05, 3.63) is 59.7 Å². The molecule has 2 saturated heterocycles. The molecule has 3 aliphatic heterocycles. The Morgan fingerprint density at radius 2 is 1.92 bits per heavy atom. The smallest absolute Gasteiger partial charge is 0.264 e. The quantitative estimate of drug-likeness (QED) is 0.443. The van der Waals surface area contributed by atoms with Gasteiger partial charge in [0, 0.05) is 42.3 Å². The summed E-state index contributed by atoms with van der Waals surface area (Å²) in [5, 5.41) is 9.68. The molecule has 3 aliphatic rings. The molecule has 2 aromatic rings. The van der Waals surface area contributed by atoms with Crippen molar-refractivity contribution in [1.82, 2.24) is 0 Å². The Balaban J connectivity index is 1.51. The molecule has 192 valence electrons. The first-order valence-electron chi connectivity index (χ1n) is 13.0. The van der Waals surface area contributed by atoms with E-state index in [1.54, 1.807) is 18.0 Å². The number of rotatable bonds is 6. The summed E-state index contributed by atoms with van der Waals surface area (Å²) >= 11 is 0. The van der Waals surface area contributed by atoms with Crippen molar-refractivity contribution in [1.29, 1.82) is 0 Å². The van der Waals surface area contributed by atoms with Gasteiger partial charge >= 0.3 is 0 Å². The van der Waals surface area contributed by atoms with E-state index in [0.717, 1.165) is 35.3 Å². The van der Waals surface area contributed by atoms with E-state index < -0.39 is 25.7 Å². The minimum absolute atomic E-state index is 0.115. The Kier molecular flexibility index (Phi) is 6.55. The second kappa shape index (κ2) is 9.39. The average Bonchev–Trinajstić information content (AvgIpc) is 3.27. The summed E-state index contributed by atoms with van der Waals surface area (Å²) < 4.78 is 22.1. The van der Waals surface area contributed by atoms with Gasteiger partial charge in [0.2, 0.25) is 14.3 Å². The summed E-state index contributed by atoms with van der Waals surface area (Å²) in [7, 11) is -3.21. The van der Waals surface area contributed by atoms with Crippen molar-refractivity contribution in [2.45, 2.75) is 69.5 Å². The number of aliphatic hydroxyl groups excluding tert-OH is 1. The van der Waals surface area contributed by atoms with E-state index in [9.17, 15) is 14.7 Å². The van der Waals surface area contributed by atoms with Gasteiger partial charge in [0.25, 0.3) is 5.91 Å². The number of fused-ring (bicyclic) bond motifs is 2. The maximum atomic E-state index is 15.6. The SMILES string of the molecule is C[C@H]1[C@H]([Si](C)(C)F)[C@@H](CCO)O[C@]12C(=O)N(Cc1cccc(N3CCCCC3=O)c1)c1ccccc12. The van der Waals surface area contributed by atoms with Gasteiger partial charge in [-0.3, -0.25) is 9.59 Å². The summed E-state index contributed by atoms with van der Waals surface area (Å²) in [6.07, 6.45) is 2.26. The summed E-state index contributed by atoms with van der Waals surface area (Å²) in [6.45, 7) is 6.18. The molecule has 3 heterocycles. The lowest BCUT2D eigenvalue weighted by Crippen LogP contribution is -2.45. The van der Waals surface area contributed by atoms with Crippen LogP contribution in [0.15, 0.2) is 48.5 Å². The molecule has 36 heavy (non-hydrogen) atoms. The Bertz CT molecular complexity index is 1170. The Morgan fingerprint density at radius 1 is 1.14 bits per heavy atom. The number of para-hydroxylation sites is 1. The van der Waals surface area contributed by atoms with E-state index >= 15 is 4.11 Å². The number of amides is 2. The number of aliphatic hydroxyl groups is 1. The van der Waals surface area contributed by atoms with Crippen LogP contribution < -0.4 is 9.80 Å². The molecular formula is C28H35FN2O4Si. The number of halogens is 1. The van der Waals surface area contributed by atoms with Crippen LogP contribution in [0, 0.1) is 5.92 Å². The molecule has 8 heteroatoms. The fourth-order valence-electron chi connectivity index (χ4n) is 6.64. The minimum atomic E-state index is -3.21. The molecule has 2 aromatic carbocycles. The second-order valence-electron chi connectivity index (χ2n) is 10.9. The lowest BCUT2D eigenvalue weighted by molar-refractivity contribution is -0.146. The highest BCUT2D eigenvalue weighted by Crippen LogP contribution is 2.60. The lowest BCUT2D eigenvalue weighted by atomic mass is 9.82. The highest BCUT2D eigenvalue weighted by atomic mass is 28.4. The summed E-state index contributed by atoms with van der Waals surface area (Å²) in [4.78, 5) is 30.3. The van der Waals surface area contributed by atoms with Crippen molar-refractivity contribution < 1.29 is 23.5 Å². The molecule has 1 spiro atoms. The maximum absolute atomic E-state index is 15.6. The van der Waals surface area contributed by atoms with E-state index in [4.69, 9.17) is 4.74 Å². The number of nitrogens with zero attached hydrogens (tertiary/aromatic N) is 2. The first-order chi connectivity index (χ1) is 17.2. The van der Waals surface area contributed by atoms with Crippen molar-refractivity contribution in [3.8, 4) is 0 Å². The van der Waals surface area contributed by atoms with Crippen LogP contribution in [0.4, 0.5) is 15.5 Å². The molecule has 2 fully saturated rings. The molecule has 4 atom stereocenters. The van der Waals surface area contributed by atoms with Gasteiger partial charge in [-0.05, 0) is 56.1 Å². The highest BCUT2D eigenvalue weighted by Gasteiger charge is 2.66. The van der Waals surface area contributed by atoms with Crippen molar-refractivity contribution >= 4 is 31.6 Å². The molecule has 6 nitrogen and oxygen atoms in total. The molecule has 5 rings (SSSR count). The summed E-state index contributed by atoms with van der Waals surface area (Å²) in [5.74, 6) is -0.414. The van der Waals surface area contributed by atoms with Gasteiger partial charge in [0.15, 0.2) is 5.60 Å². The van der Waals surface area contributed by atoms with Gasteiger partial charge < -0.3 is 23.8 Å². The monoisotopic (exact) mass is 510 g/mol. The number of piperidine rings is 1. The molecule has 0 saturated carbocycles. The molecule has 0 bridgehead atoms. The molecule has 0 unspecified atom stereocenters. The topological polar surface area (TPSA) is 70.1 Å². The average molecular weight is 511 g/mol. The number of hydrogen-bond donors (Lipinski definition) is 1. The van der Waals surface area contributed by atoms with E-state index in [-0.39, 0.29) is 24.3 Å². The van der Waals surface area contributed by atoms with Crippen molar-refractivity contribution in [2.75, 3.05) is 23.0 Å². The second-order valence-corrected chi connectivity index (χ2v) is 14.7. The molecule has 0 aliphatic carbocycles. The van der Waals surface area contributed by atoms with Crippen LogP contribution in [0.5, 0.6) is 0 Å². The number of carbonyl (C=O) groups is 2. The van der Waals surface area contributed by atoms with Gasteiger partial charge in [0.05, 0.1) is 18.3 Å². The molecule has 2 amide bonds. The zero-order valence-corrected chi connectivity index (χ0v) is 22.2. The van der Waals surface area contributed by atoms with Crippen LogP contribution in [0.3, 0.4) is 0 Å². The van der Waals surface area contributed by atoms with Crippen molar-refractivity contribution in [3.63, 3.8) is 0 Å². The van der Waals surface area contributed by atoms with Gasteiger partial charge in [0.1, 0.15) is 0 Å². The van der Waals surface area contributed by atoms with E-state index in [2.05, 4.69) is 0 Å². The predicted molar refractivity (Wildman–Crippen MR) is 140 cm³/mol. The van der Waals surface area contributed by atoms with E-state index in [1.165, 1.54) is 0 Å². The normalized spacial score (nSPS) is 28.3. The molecule has 0 radical (unpaired) electrons. The van der Waals surface area contributed by atoms with Gasteiger partial charge in [-0.25, -0.2) is 0 Å². The van der Waals surface area contributed by atoms with Crippen LogP contribution in [0.25, 0.3) is 0 Å². The molecular weight excluding hydrogens is 475 g/mol. The first kappa shape index (κ1) is 25.1. The summed E-state index contributed by atoms with van der Waals surface area (Å²) in [5.41, 5.74) is 1.64. The van der Waals surface area contributed by atoms with E-state index in [1.807, 2.05) is 60.4 Å². The fraction of sp³-hybridized carbons (Fsp3) is 0.500. The zero-order chi connectivity index (χ0) is 25.7. The van der Waals surface area contributed by atoms with Gasteiger partial charge in [-0.1, -0.05) is 37.3 Å². The molecule has 1 N–H and O–H groups in total. The first-order valence-corrected chi connectivity index (χ1v) is 15.9. The number of hydrogen-bond acceptors (Lipinski definition) is 4. The predicted octanol–water partition coefficient (Wildman–Crippen LogP) is 4.91. The summed E-state index contributed by atoms with van der Waals surface area (Å²) in [6, 6.07) is 15.4. The third-order valence-corrected chi connectivity index (χ3v) is 10.6. The minimum Gasteiger partial charge on any atom is -0.396 e. The van der Waals surface area contributed by atoms with Crippen LogP contribution >= 0.6 is 0 Å². The molecule has 0 aromatic heterocycles. The number of anilines is 2. The Hall–Kier alpha value is -2.55. The van der Waals surface area contributed by atoms with Gasteiger partial charge in [-0.2, -0.15) is 0 Å². The zero-order valence-electron chi connectivity index (χ0n) is 21.2. The lowest BCUT2D eigenvalue weighted by Gasteiger charge is -2.31. The van der Waals surface area contributed by atoms with Crippen molar-refractivity contribution in [2.24, 2.45) is 5.92 Å². The van der Waals surface area contributed by atoms with E-state index in [0.29, 0.717) is 25.9 Å². The van der Waals surface area contributed by atoms with Crippen LogP contribution in [0.2, 0.25) is 18.6 Å². The van der Waals surface area contributed by atoms with Crippen LogP contribution in [-0.2, 0) is 26.5 Å². The maximum Gasteiger partial charge on any atom is 0.264 e. The third kappa shape index (κ3) is 3.99. The number of carbonyl (C=O) groups excluding carboxylic acids is 2. The van der Waals surface area contributed by atoms with Gasteiger partial charge in [-0.15, -0.1) is 0 Å². The highest BCUT2D eigenvalue weighted by molar-refractivity contribution is 6.72. The Labute approximate surface area is 213 Å². The number of benzene rings is 2. The fourth-order valence-corrected chi connectivity index (χ4v) is 9.18. The van der Waals surface area contributed by atoms with Crippen LogP contribution in [-0.4, -0.2) is 44.6 Å². The standard InChI is InChI=1S/C28H35FN2O4Si/c1-19-26(36(2,3)29)24(14-16-32)35-28(19)22-11-4-5-12-23(22)31(27(28)34)18-20-9-8-10-21(17-20)30-15-7-6-13-25(30)33/h4-5,8-12,17,19,24,26,32H,6-7,13-16,18H2,1-3H3/t19-,24+,26-,28+/m0/s1.